The molecule has 8 heteroatoms. The number of carbonyl (C=O) groups excluding carboxylic acids is 1. The SMILES string of the molecule is C[C@@H](NC(=O)C[C@@H]1c2nc(Nc3cccc(O)c3)sc2C[C@@H]2[C@](C)(CO)[C@H](O)CC[C@]21C)c1ccccc1. The fraction of sp³-hybridized carbons (Fsp3) is 0.467. The lowest BCUT2D eigenvalue weighted by molar-refractivity contribution is -0.144. The van der Waals surface area contributed by atoms with Crippen molar-refractivity contribution in [3.63, 3.8) is 0 Å². The molecule has 1 heterocycles. The van der Waals surface area contributed by atoms with Gasteiger partial charge in [0.2, 0.25) is 5.91 Å². The van der Waals surface area contributed by atoms with Gasteiger partial charge in [-0.05, 0) is 55.2 Å². The molecule has 2 aliphatic carbocycles. The predicted molar refractivity (Wildman–Crippen MR) is 150 cm³/mol. The Morgan fingerprint density at radius 3 is 2.66 bits per heavy atom. The van der Waals surface area contributed by atoms with Crippen LogP contribution in [-0.4, -0.2) is 38.9 Å². The summed E-state index contributed by atoms with van der Waals surface area (Å²) in [7, 11) is 0. The number of aliphatic hydroxyl groups is 2. The lowest BCUT2D eigenvalue weighted by Crippen LogP contribution is -2.57. The number of benzene rings is 2. The Balaban J connectivity index is 1.48. The monoisotopic (exact) mass is 535 g/mol. The average molecular weight is 536 g/mol. The molecule has 2 aromatic carbocycles. The number of anilines is 2. The Morgan fingerprint density at radius 2 is 1.95 bits per heavy atom. The van der Waals surface area contributed by atoms with Crippen LogP contribution in [0.4, 0.5) is 10.8 Å². The number of amides is 1. The minimum absolute atomic E-state index is 0.00494. The van der Waals surface area contributed by atoms with Crippen molar-refractivity contribution < 1.29 is 20.1 Å². The van der Waals surface area contributed by atoms with Gasteiger partial charge in [0.05, 0.1) is 24.4 Å². The van der Waals surface area contributed by atoms with Gasteiger partial charge in [0.25, 0.3) is 0 Å². The summed E-state index contributed by atoms with van der Waals surface area (Å²) < 4.78 is 0. The van der Waals surface area contributed by atoms with Gasteiger partial charge < -0.3 is 26.0 Å². The van der Waals surface area contributed by atoms with E-state index in [1.807, 2.05) is 50.2 Å². The highest BCUT2D eigenvalue weighted by Crippen LogP contribution is 2.62. The van der Waals surface area contributed by atoms with Crippen LogP contribution in [0.2, 0.25) is 0 Å². The molecule has 5 rings (SSSR count). The number of nitrogens with one attached hydrogen (secondary N) is 2. The standard InChI is InChI=1S/C30H37N3O4S/c1-18(19-8-5-4-6-9-19)31-26(37)15-22-27-23(38-28(33-27)32-20-10-7-11-21(35)14-20)16-24-29(22,2)13-12-25(36)30(24,3)17-34/h4-11,14,18,22,24-25,34-36H,12-13,15-17H2,1-3H3,(H,31,37)(H,32,33)/t18-,22-,24+,25-,29+,30+/m1/s1. The molecule has 1 aromatic heterocycles. The summed E-state index contributed by atoms with van der Waals surface area (Å²) in [5, 5.41) is 38.5. The van der Waals surface area contributed by atoms with Crippen molar-refractivity contribution in [2.45, 2.75) is 64.5 Å². The molecular weight excluding hydrogens is 498 g/mol. The molecule has 0 bridgehead atoms. The minimum Gasteiger partial charge on any atom is -0.508 e. The molecule has 2 aliphatic rings. The summed E-state index contributed by atoms with van der Waals surface area (Å²) in [5.41, 5.74) is 1.73. The molecule has 3 aromatic rings. The van der Waals surface area contributed by atoms with Crippen molar-refractivity contribution in [2.75, 3.05) is 11.9 Å². The van der Waals surface area contributed by atoms with E-state index in [1.54, 1.807) is 29.5 Å². The van der Waals surface area contributed by atoms with Crippen molar-refractivity contribution in [1.82, 2.24) is 10.3 Å². The van der Waals surface area contributed by atoms with E-state index in [-0.39, 0.29) is 48.0 Å². The number of aliphatic hydroxyl groups excluding tert-OH is 2. The molecule has 1 fully saturated rings. The summed E-state index contributed by atoms with van der Waals surface area (Å²) in [4.78, 5) is 19.6. The number of hydrogen-bond acceptors (Lipinski definition) is 7. The number of thiazole rings is 1. The third-order valence-electron chi connectivity index (χ3n) is 9.06. The zero-order valence-corrected chi connectivity index (χ0v) is 23.0. The zero-order chi connectivity index (χ0) is 27.1. The first kappa shape index (κ1) is 26.7. The molecule has 0 saturated heterocycles. The summed E-state index contributed by atoms with van der Waals surface area (Å²) >= 11 is 1.55. The first-order valence-corrected chi connectivity index (χ1v) is 14.1. The first-order chi connectivity index (χ1) is 18.1. The van der Waals surface area contributed by atoms with Gasteiger partial charge in [-0.25, -0.2) is 4.98 Å². The van der Waals surface area contributed by atoms with E-state index in [2.05, 4.69) is 17.6 Å². The van der Waals surface area contributed by atoms with Gasteiger partial charge in [-0.3, -0.25) is 4.79 Å². The van der Waals surface area contributed by atoms with Gasteiger partial charge in [0.15, 0.2) is 5.13 Å². The molecule has 0 unspecified atom stereocenters. The van der Waals surface area contributed by atoms with E-state index in [9.17, 15) is 20.1 Å². The molecule has 202 valence electrons. The molecular formula is C30H37N3O4S. The lowest BCUT2D eigenvalue weighted by Gasteiger charge is -2.58. The van der Waals surface area contributed by atoms with Gasteiger partial charge >= 0.3 is 0 Å². The third kappa shape index (κ3) is 4.81. The number of rotatable bonds is 7. The second kappa shape index (κ2) is 10.3. The summed E-state index contributed by atoms with van der Waals surface area (Å²) in [6.07, 6.45) is 1.71. The number of aromatic nitrogens is 1. The number of nitrogens with zero attached hydrogens (tertiary/aromatic N) is 1. The maximum absolute atomic E-state index is 13.5. The molecule has 0 aliphatic heterocycles. The minimum atomic E-state index is -0.667. The van der Waals surface area contributed by atoms with Crippen LogP contribution in [0.15, 0.2) is 54.6 Å². The largest absolute Gasteiger partial charge is 0.508 e. The van der Waals surface area contributed by atoms with Crippen LogP contribution in [0.25, 0.3) is 0 Å². The van der Waals surface area contributed by atoms with Gasteiger partial charge in [0, 0.05) is 34.4 Å². The van der Waals surface area contributed by atoms with Crippen LogP contribution in [0, 0.1) is 16.7 Å². The third-order valence-corrected chi connectivity index (χ3v) is 10.1. The smallest absolute Gasteiger partial charge is 0.221 e. The molecule has 1 saturated carbocycles. The van der Waals surface area contributed by atoms with Gasteiger partial charge in [0.1, 0.15) is 5.75 Å². The summed E-state index contributed by atoms with van der Waals surface area (Å²) in [6, 6.07) is 16.7. The molecule has 0 radical (unpaired) electrons. The highest BCUT2D eigenvalue weighted by Gasteiger charge is 2.59. The van der Waals surface area contributed by atoms with Gasteiger partial charge in [-0.1, -0.05) is 50.2 Å². The molecule has 38 heavy (non-hydrogen) atoms. The number of aromatic hydroxyl groups is 1. The van der Waals surface area contributed by atoms with Crippen molar-refractivity contribution in [3.8, 4) is 5.75 Å². The van der Waals surface area contributed by atoms with Crippen LogP contribution < -0.4 is 10.6 Å². The van der Waals surface area contributed by atoms with E-state index in [0.29, 0.717) is 18.0 Å². The number of carbonyl (C=O) groups is 1. The molecule has 1 amide bonds. The highest BCUT2D eigenvalue weighted by atomic mass is 32.1. The molecule has 0 spiro atoms. The number of fused-ring (bicyclic) bond motifs is 2. The quantitative estimate of drug-likeness (QED) is 0.281. The van der Waals surface area contributed by atoms with Gasteiger partial charge in [-0.15, -0.1) is 11.3 Å². The van der Waals surface area contributed by atoms with E-state index in [1.165, 1.54) is 0 Å². The lowest BCUT2D eigenvalue weighted by atomic mass is 9.47. The Bertz CT molecular complexity index is 1300. The van der Waals surface area contributed by atoms with E-state index < -0.39 is 11.5 Å². The fourth-order valence-electron chi connectivity index (χ4n) is 6.72. The number of phenolic OH excluding ortho intramolecular Hbond substituents is 1. The topological polar surface area (TPSA) is 115 Å². The second-order valence-corrected chi connectivity index (χ2v) is 12.5. The van der Waals surface area contributed by atoms with Crippen LogP contribution in [0.3, 0.4) is 0 Å². The molecule has 5 N–H and O–H groups in total. The van der Waals surface area contributed by atoms with E-state index in [4.69, 9.17) is 4.98 Å². The molecule has 7 nitrogen and oxygen atoms in total. The van der Waals surface area contributed by atoms with E-state index in [0.717, 1.165) is 28.2 Å². The van der Waals surface area contributed by atoms with Gasteiger partial charge in [-0.2, -0.15) is 0 Å². The number of phenols is 1. The first-order valence-electron chi connectivity index (χ1n) is 13.3. The second-order valence-electron chi connectivity index (χ2n) is 11.4. The van der Waals surface area contributed by atoms with Crippen molar-refractivity contribution >= 4 is 28.1 Å². The number of hydrogen-bond donors (Lipinski definition) is 5. The molecule has 6 atom stereocenters. The van der Waals surface area contributed by atoms with Crippen LogP contribution >= 0.6 is 11.3 Å². The van der Waals surface area contributed by atoms with Crippen molar-refractivity contribution in [3.05, 3.63) is 70.7 Å². The Kier molecular flexibility index (Phi) is 7.24. The van der Waals surface area contributed by atoms with Crippen molar-refractivity contribution in [1.29, 1.82) is 0 Å². The zero-order valence-electron chi connectivity index (χ0n) is 22.1. The van der Waals surface area contributed by atoms with Crippen LogP contribution in [0.5, 0.6) is 5.75 Å². The maximum Gasteiger partial charge on any atom is 0.221 e. The maximum atomic E-state index is 13.5. The summed E-state index contributed by atoms with van der Waals surface area (Å²) in [5.74, 6) is -0.0284. The fourth-order valence-corrected chi connectivity index (χ4v) is 7.81. The Hall–Kier alpha value is -2.94. The van der Waals surface area contributed by atoms with Crippen molar-refractivity contribution in [2.24, 2.45) is 16.7 Å². The Labute approximate surface area is 228 Å². The predicted octanol–water partition coefficient (Wildman–Crippen LogP) is 5.28. The average Bonchev–Trinajstić information content (AvgIpc) is 3.30. The van der Waals surface area contributed by atoms with Crippen LogP contribution in [-0.2, 0) is 11.2 Å². The Morgan fingerprint density at radius 1 is 1.18 bits per heavy atom. The normalized spacial score (nSPS) is 29.1. The van der Waals surface area contributed by atoms with Crippen LogP contribution in [0.1, 0.15) is 68.1 Å². The summed E-state index contributed by atoms with van der Waals surface area (Å²) in [6.45, 7) is 6.07. The van der Waals surface area contributed by atoms with E-state index >= 15 is 0 Å². The highest BCUT2D eigenvalue weighted by molar-refractivity contribution is 7.15.